The van der Waals surface area contributed by atoms with Gasteiger partial charge >= 0.3 is 5.97 Å². The van der Waals surface area contributed by atoms with E-state index in [4.69, 9.17) is 4.74 Å². The van der Waals surface area contributed by atoms with Crippen LogP contribution in [-0.4, -0.2) is 47.6 Å². The summed E-state index contributed by atoms with van der Waals surface area (Å²) in [6.07, 6.45) is 2.61. The second-order valence-corrected chi connectivity index (χ2v) is 7.07. The Morgan fingerprint density at radius 3 is 2.81 bits per heavy atom. The van der Waals surface area contributed by atoms with E-state index < -0.39 is 11.4 Å². The summed E-state index contributed by atoms with van der Waals surface area (Å²) in [6.45, 7) is 5.39. The molecule has 1 aliphatic heterocycles. The van der Waals surface area contributed by atoms with Crippen molar-refractivity contribution in [3.05, 3.63) is 24.3 Å². The van der Waals surface area contributed by atoms with E-state index in [0.29, 0.717) is 37.6 Å². The Morgan fingerprint density at radius 1 is 1.42 bits per heavy atom. The number of carboxylic acid groups (broad SMARTS) is 1. The number of halogens is 1. The Morgan fingerprint density at radius 2 is 2.15 bits per heavy atom. The molecular formula is C19H27ClN2O4. The highest BCUT2D eigenvalue weighted by Gasteiger charge is 2.55. The number of nitrogens with zero attached hydrogens (tertiary/aromatic N) is 1. The molecule has 1 aliphatic carbocycles. The molecule has 6 nitrogen and oxygen atoms in total. The van der Waals surface area contributed by atoms with E-state index in [1.165, 1.54) is 0 Å². The molecule has 2 aliphatic rings. The number of carbonyl (C=O) groups is 2. The fourth-order valence-corrected chi connectivity index (χ4v) is 4.23. The van der Waals surface area contributed by atoms with Crippen molar-refractivity contribution in [2.24, 2.45) is 11.3 Å². The van der Waals surface area contributed by atoms with E-state index in [1.807, 2.05) is 43.0 Å². The monoisotopic (exact) mass is 382 g/mol. The molecule has 1 saturated heterocycles. The number of rotatable bonds is 6. The number of benzene rings is 1. The highest BCUT2D eigenvalue weighted by Crippen LogP contribution is 2.49. The average molecular weight is 383 g/mol. The molecule has 1 heterocycles. The van der Waals surface area contributed by atoms with Gasteiger partial charge in [-0.15, -0.1) is 12.4 Å². The van der Waals surface area contributed by atoms with Gasteiger partial charge in [0.2, 0.25) is 5.91 Å². The van der Waals surface area contributed by atoms with Crippen molar-refractivity contribution in [1.82, 2.24) is 4.90 Å². The first-order chi connectivity index (χ1) is 12.0. The van der Waals surface area contributed by atoms with Gasteiger partial charge in [-0.2, -0.15) is 0 Å². The standard InChI is InChI=1S/C19H26N2O4.ClH/c1-3-25-16-9-5-4-8-15(16)20-17(22)13(2)21-11-14-7-6-10-19(14,12-21)18(23)24;/h4-5,8-9,13-14H,3,6-7,10-12H2,1-2H3,(H,20,22)(H,23,24);1H/t13?,14-,19+;/m0./s1. The number of ether oxygens (including phenoxy) is 1. The molecule has 2 N–H and O–H groups in total. The molecule has 1 unspecified atom stereocenters. The average Bonchev–Trinajstić information content (AvgIpc) is 3.14. The van der Waals surface area contributed by atoms with Gasteiger partial charge in [-0.05, 0) is 44.7 Å². The van der Waals surface area contributed by atoms with Gasteiger partial charge in [0.05, 0.1) is 23.8 Å². The SMILES string of the molecule is CCOc1ccccc1NC(=O)C(C)N1C[C@@H]2CCC[C@@]2(C(=O)O)C1.Cl. The lowest BCUT2D eigenvalue weighted by molar-refractivity contribution is -0.149. The lowest BCUT2D eigenvalue weighted by Gasteiger charge is -2.26. The van der Waals surface area contributed by atoms with E-state index in [0.717, 1.165) is 12.8 Å². The molecule has 0 bridgehead atoms. The molecule has 0 radical (unpaired) electrons. The van der Waals surface area contributed by atoms with Crippen LogP contribution in [0.15, 0.2) is 24.3 Å². The number of aliphatic carboxylic acids is 1. The first-order valence-corrected chi connectivity index (χ1v) is 8.98. The van der Waals surface area contributed by atoms with Crippen LogP contribution in [0.5, 0.6) is 5.75 Å². The summed E-state index contributed by atoms with van der Waals surface area (Å²) in [4.78, 5) is 26.5. The molecule has 0 aromatic heterocycles. The van der Waals surface area contributed by atoms with Crippen molar-refractivity contribution < 1.29 is 19.4 Å². The largest absolute Gasteiger partial charge is 0.492 e. The first-order valence-electron chi connectivity index (χ1n) is 8.98. The summed E-state index contributed by atoms with van der Waals surface area (Å²) in [5.74, 6) is -0.0544. The number of carbonyl (C=O) groups excluding carboxylic acids is 1. The Labute approximate surface area is 160 Å². The van der Waals surface area contributed by atoms with Gasteiger partial charge in [0.25, 0.3) is 0 Å². The molecule has 1 saturated carbocycles. The molecule has 7 heteroatoms. The van der Waals surface area contributed by atoms with Crippen LogP contribution in [0.25, 0.3) is 0 Å². The Kier molecular flexibility index (Phi) is 6.53. The van der Waals surface area contributed by atoms with Crippen molar-refractivity contribution in [2.75, 3.05) is 25.0 Å². The summed E-state index contributed by atoms with van der Waals surface area (Å²) >= 11 is 0. The first kappa shape index (κ1) is 20.5. The van der Waals surface area contributed by atoms with Crippen molar-refractivity contribution in [3.63, 3.8) is 0 Å². The number of nitrogens with one attached hydrogen (secondary N) is 1. The van der Waals surface area contributed by atoms with Gasteiger partial charge in [0.15, 0.2) is 0 Å². The highest BCUT2D eigenvalue weighted by molar-refractivity contribution is 5.96. The van der Waals surface area contributed by atoms with Gasteiger partial charge in [0, 0.05) is 13.1 Å². The third-order valence-electron chi connectivity index (χ3n) is 5.69. The molecule has 1 aromatic carbocycles. The second-order valence-electron chi connectivity index (χ2n) is 7.07. The summed E-state index contributed by atoms with van der Waals surface area (Å²) in [5.41, 5.74) is -0.0221. The maximum atomic E-state index is 12.7. The molecular weight excluding hydrogens is 356 g/mol. The fraction of sp³-hybridized carbons (Fsp3) is 0.579. The highest BCUT2D eigenvalue weighted by atomic mass is 35.5. The number of likely N-dealkylation sites (tertiary alicyclic amines) is 1. The minimum Gasteiger partial charge on any atom is -0.492 e. The van der Waals surface area contributed by atoms with Crippen LogP contribution in [0, 0.1) is 11.3 Å². The summed E-state index contributed by atoms with van der Waals surface area (Å²) < 4.78 is 5.55. The normalized spacial score (nSPS) is 25.8. The number of hydrogen-bond acceptors (Lipinski definition) is 4. The van der Waals surface area contributed by atoms with Crippen LogP contribution in [-0.2, 0) is 9.59 Å². The molecule has 3 atom stereocenters. The molecule has 2 fully saturated rings. The molecule has 0 spiro atoms. The lowest BCUT2D eigenvalue weighted by atomic mass is 9.81. The predicted molar refractivity (Wildman–Crippen MR) is 102 cm³/mol. The zero-order valence-electron chi connectivity index (χ0n) is 15.2. The summed E-state index contributed by atoms with van der Waals surface area (Å²) in [5, 5.41) is 12.6. The molecule has 1 aromatic rings. The molecule has 26 heavy (non-hydrogen) atoms. The van der Waals surface area contributed by atoms with Crippen LogP contribution < -0.4 is 10.1 Å². The Hall–Kier alpha value is -1.79. The topological polar surface area (TPSA) is 78.9 Å². The minimum absolute atomic E-state index is 0. The van der Waals surface area contributed by atoms with Crippen LogP contribution in [0.4, 0.5) is 5.69 Å². The van der Waals surface area contributed by atoms with Gasteiger partial charge in [-0.25, -0.2) is 0 Å². The van der Waals surface area contributed by atoms with E-state index in [2.05, 4.69) is 5.32 Å². The zero-order chi connectivity index (χ0) is 18.0. The van der Waals surface area contributed by atoms with Gasteiger partial charge < -0.3 is 15.2 Å². The van der Waals surface area contributed by atoms with Gasteiger partial charge in [0.1, 0.15) is 5.75 Å². The van der Waals surface area contributed by atoms with Crippen LogP contribution >= 0.6 is 12.4 Å². The lowest BCUT2D eigenvalue weighted by Crippen LogP contribution is -2.43. The van der Waals surface area contributed by atoms with Gasteiger partial charge in [-0.1, -0.05) is 18.6 Å². The van der Waals surface area contributed by atoms with E-state index in [9.17, 15) is 14.7 Å². The van der Waals surface area contributed by atoms with Crippen LogP contribution in [0.1, 0.15) is 33.1 Å². The minimum atomic E-state index is -0.716. The Balaban J connectivity index is 0.00000243. The quantitative estimate of drug-likeness (QED) is 0.790. The fourth-order valence-electron chi connectivity index (χ4n) is 4.23. The van der Waals surface area contributed by atoms with Crippen LogP contribution in [0.2, 0.25) is 0 Å². The molecule has 3 rings (SSSR count). The van der Waals surface area contributed by atoms with Crippen molar-refractivity contribution in [2.45, 2.75) is 39.2 Å². The van der Waals surface area contributed by atoms with E-state index in [-0.39, 0.29) is 30.3 Å². The molecule has 144 valence electrons. The van der Waals surface area contributed by atoms with E-state index >= 15 is 0 Å². The third kappa shape index (κ3) is 3.67. The second kappa shape index (κ2) is 8.27. The molecule has 1 amide bonds. The van der Waals surface area contributed by atoms with Crippen molar-refractivity contribution >= 4 is 30.0 Å². The maximum absolute atomic E-state index is 12.7. The number of carboxylic acids is 1. The number of para-hydroxylation sites is 2. The summed E-state index contributed by atoms with van der Waals surface area (Å²) in [7, 11) is 0. The predicted octanol–water partition coefficient (Wildman–Crippen LogP) is 3.02. The Bertz CT molecular complexity index is 669. The number of amides is 1. The van der Waals surface area contributed by atoms with Gasteiger partial charge in [-0.3, -0.25) is 14.5 Å². The third-order valence-corrected chi connectivity index (χ3v) is 5.69. The zero-order valence-corrected chi connectivity index (χ0v) is 16.1. The number of anilines is 1. The number of hydrogen-bond donors (Lipinski definition) is 2. The number of fused-ring (bicyclic) bond motifs is 1. The van der Waals surface area contributed by atoms with E-state index in [1.54, 1.807) is 0 Å². The van der Waals surface area contributed by atoms with Crippen molar-refractivity contribution in [3.8, 4) is 5.75 Å². The van der Waals surface area contributed by atoms with Crippen LogP contribution in [0.3, 0.4) is 0 Å². The maximum Gasteiger partial charge on any atom is 0.311 e. The smallest absolute Gasteiger partial charge is 0.311 e. The van der Waals surface area contributed by atoms with Crippen molar-refractivity contribution in [1.29, 1.82) is 0 Å². The summed E-state index contributed by atoms with van der Waals surface area (Å²) in [6, 6.07) is 6.97.